The number of nitrogens with two attached hydrogens (primary N) is 2. The Morgan fingerprint density at radius 1 is 0.507 bits per heavy atom. The van der Waals surface area contributed by atoms with E-state index in [1.807, 2.05) is 0 Å². The second-order valence-electron chi connectivity index (χ2n) is 35.5. The molecule has 0 radical (unpaired) electrons. The van der Waals surface area contributed by atoms with Crippen LogP contribution in [0.3, 0.4) is 0 Å². The van der Waals surface area contributed by atoms with Crippen LogP contribution in [0.4, 0.5) is 0 Å². The first-order chi connectivity index (χ1) is 64.9. The summed E-state index contributed by atoms with van der Waals surface area (Å²) in [7, 11) is 0. The minimum atomic E-state index is -1.97. The normalized spacial score (nSPS) is 24.4. The largest absolute Gasteiger partial charge is 0.481 e. The fraction of sp³-hybridized carbons (Fsp3) is 0.447. The fourth-order valence-corrected chi connectivity index (χ4v) is 19.9. The van der Waals surface area contributed by atoms with E-state index >= 15 is 33.6 Å². The summed E-state index contributed by atoms with van der Waals surface area (Å²) >= 11 is 2.42. The summed E-state index contributed by atoms with van der Waals surface area (Å²) in [6.07, 6.45) is -0.524. The topological polar surface area (TPSA) is 585 Å². The third-order valence-electron chi connectivity index (χ3n) is 24.3. The molecular formula is C94H114N18O21S3. The Hall–Kier alpha value is -13.2. The van der Waals surface area contributed by atoms with Gasteiger partial charge in [-0.3, -0.25) is 81.5 Å². The number of nitrogens with one attached hydrogen (secondary N) is 12. The van der Waals surface area contributed by atoms with Crippen molar-refractivity contribution >= 4 is 163 Å². The molecule has 4 aliphatic heterocycles. The molecule has 19 N–H and O–H groups in total. The number of thioether (sulfide) groups is 3. The summed E-state index contributed by atoms with van der Waals surface area (Å²) in [6.45, 7) is 5.43. The van der Waals surface area contributed by atoms with Gasteiger partial charge in [-0.1, -0.05) is 119 Å². The molecule has 1 aliphatic carbocycles. The maximum absolute atomic E-state index is 15.7. The number of hydrogen-bond acceptors (Lipinski definition) is 23. The number of Topliss-reactive ketones (excluding diaryl/α,β-unsaturated/α-hetero) is 1. The van der Waals surface area contributed by atoms with E-state index < -0.39 is 238 Å². The van der Waals surface area contributed by atoms with E-state index in [9.17, 15) is 68.1 Å². The standard InChI is InChI=1S/C94H114N18O21S3/c1-49(2)79-90(129)102-68(34-78(119)120)85(124)99-37-74(115)100-66(31-60-35-97-64-21-8-6-19-62(60)64)86(125)106-80(50(3)4)93(131)112-25-13-23-71(112)89(128)103-69(82(96)121)44-134-46-75(116)110-40-54-16-10-14-52(26-54)38-109-39-53-15-11-17-55(27-53)41-111(43-57-28-56(42-110)29-59(30-57)94(132)133)76(117)47-135-45-70(88(127)101-67(87(126)105-79)32-61-36-98-65-22-9-7-20-63(61)65)104-84(123)58-18-12-24-72(113)81(73(114)33-58)107-91(130)92(136-48-77(109)118)108-83(122)51(5)95/h6-11,14-17,19-22,26-30,35-36,49-51,58,66-72,79-81,92,97-98,113H,12-13,18,23-25,31-34,37-48,95H2,1-5H3,(H2,96,121)(H,99,124)(H,100,115)(H,101,127)(H,102,129)(H,103,128)(H,104,123)(H,105,126)(H,106,125)(H,107,130)(H,108,122)(H,119,120)(H,132,133)/t51-,58-,66+,67+,68+,69+,70+,71+,72-,79+,80+,81+,92-/m1/s1. The molecular weight excluding hydrogens is 1810 g/mol. The molecule has 12 bridgehead atoms. The third kappa shape index (κ3) is 27.1. The van der Waals surface area contributed by atoms with Crippen LogP contribution in [-0.4, -0.2) is 265 Å². The van der Waals surface area contributed by atoms with Crippen LogP contribution in [0.25, 0.3) is 21.8 Å². The van der Waals surface area contributed by atoms with Crippen LogP contribution < -0.4 is 64.6 Å². The maximum atomic E-state index is 15.7. The number of aromatic nitrogens is 2. The highest BCUT2D eigenvalue weighted by Gasteiger charge is 2.44. The molecule has 5 aromatic carbocycles. The number of H-pyrrole nitrogens is 2. The number of aromatic carboxylic acids is 1. The van der Waals surface area contributed by atoms with Crippen molar-refractivity contribution in [1.29, 1.82) is 0 Å². The number of benzene rings is 5. The van der Waals surface area contributed by atoms with Gasteiger partial charge in [0.2, 0.25) is 82.7 Å². The number of carboxylic acid groups (broad SMARTS) is 2. The Morgan fingerprint density at radius 2 is 1.02 bits per heavy atom. The van der Waals surface area contributed by atoms with E-state index in [4.69, 9.17) is 11.5 Å². The molecule has 6 heterocycles. The molecule has 1 saturated carbocycles. The number of amides is 15. The molecule has 2 fully saturated rings. The van der Waals surface area contributed by atoms with Crippen LogP contribution >= 0.6 is 35.3 Å². The molecule has 0 spiro atoms. The van der Waals surface area contributed by atoms with Crippen LogP contribution in [0.15, 0.2) is 128 Å². The van der Waals surface area contributed by atoms with Crippen molar-refractivity contribution in [3.8, 4) is 0 Å². The molecule has 724 valence electrons. The molecule has 5 aliphatic rings. The van der Waals surface area contributed by atoms with Gasteiger partial charge in [-0.25, -0.2) is 4.79 Å². The predicted molar refractivity (Wildman–Crippen MR) is 503 cm³/mol. The highest BCUT2D eigenvalue weighted by Crippen LogP contribution is 2.30. The number of carboxylic acids is 2. The van der Waals surface area contributed by atoms with Crippen molar-refractivity contribution in [2.24, 2.45) is 29.2 Å². The quantitative estimate of drug-likeness (QED) is 0.0815. The van der Waals surface area contributed by atoms with Gasteiger partial charge in [0.1, 0.15) is 54.4 Å². The van der Waals surface area contributed by atoms with Gasteiger partial charge in [0.15, 0.2) is 11.2 Å². The van der Waals surface area contributed by atoms with Gasteiger partial charge in [0, 0.05) is 117 Å². The van der Waals surface area contributed by atoms with Gasteiger partial charge < -0.3 is 110 Å². The van der Waals surface area contributed by atoms with E-state index in [2.05, 4.69) is 63.1 Å². The molecule has 2 aromatic heterocycles. The van der Waals surface area contributed by atoms with E-state index in [1.165, 1.54) is 52.5 Å². The number of primary amides is 1. The van der Waals surface area contributed by atoms with E-state index in [1.54, 1.807) is 129 Å². The predicted octanol–water partition coefficient (Wildman–Crippen LogP) is 1.13. The lowest BCUT2D eigenvalue weighted by Crippen LogP contribution is -2.61. The van der Waals surface area contributed by atoms with Crippen molar-refractivity contribution in [2.45, 2.75) is 204 Å². The number of ketones is 1. The first-order valence-electron chi connectivity index (χ1n) is 44.9. The number of aromatic amines is 2. The van der Waals surface area contributed by atoms with Crippen LogP contribution in [-0.2, 0) is 134 Å². The molecule has 13 atom stereocenters. The first kappa shape index (κ1) is 102. The number of aliphatic hydroxyl groups is 1. The van der Waals surface area contributed by atoms with Gasteiger partial charge >= 0.3 is 11.9 Å². The van der Waals surface area contributed by atoms with Crippen LogP contribution in [0.1, 0.15) is 134 Å². The lowest BCUT2D eigenvalue weighted by Gasteiger charge is -2.32. The average Bonchev–Trinajstić information content (AvgIpc) is 1.61. The second-order valence-corrected chi connectivity index (χ2v) is 38.6. The Bertz CT molecular complexity index is 5710. The number of aliphatic carboxylic acids is 1. The third-order valence-corrected chi connectivity index (χ3v) is 27.4. The molecule has 15 amide bonds. The molecule has 42 heteroatoms. The summed E-state index contributed by atoms with van der Waals surface area (Å²) in [6, 6.07) is 16.5. The molecule has 39 nitrogen and oxygen atoms in total. The van der Waals surface area contributed by atoms with E-state index in [-0.39, 0.29) is 113 Å². The Balaban J connectivity index is 0.959. The molecule has 136 heavy (non-hydrogen) atoms. The van der Waals surface area contributed by atoms with Crippen LogP contribution in [0.5, 0.6) is 0 Å². The average molecular weight is 1930 g/mol. The van der Waals surface area contributed by atoms with Crippen LogP contribution in [0, 0.1) is 17.8 Å². The zero-order valence-electron chi connectivity index (χ0n) is 75.7. The molecule has 0 unspecified atom stereocenters. The number of aliphatic hydroxyl groups excluding tert-OH is 1. The second kappa shape index (κ2) is 46.8. The first-order valence-corrected chi connectivity index (χ1v) is 48.3. The van der Waals surface area contributed by atoms with Gasteiger partial charge in [0.25, 0.3) is 5.91 Å². The Morgan fingerprint density at radius 3 is 1.56 bits per heavy atom. The zero-order chi connectivity index (χ0) is 97.9. The molecule has 12 rings (SSSR count). The summed E-state index contributed by atoms with van der Waals surface area (Å²) in [5.74, 6) is -22.4. The van der Waals surface area contributed by atoms with Crippen molar-refractivity contribution in [1.82, 2.24) is 82.7 Å². The maximum Gasteiger partial charge on any atom is 0.335 e. The van der Waals surface area contributed by atoms with E-state index in [0.717, 1.165) is 23.5 Å². The summed E-state index contributed by atoms with van der Waals surface area (Å²) in [5.41, 5.74) is 16.6. The van der Waals surface area contributed by atoms with Crippen LogP contribution in [0.2, 0.25) is 0 Å². The highest BCUT2D eigenvalue weighted by atomic mass is 32.2. The number of carbonyl (C=O) groups is 18. The van der Waals surface area contributed by atoms with Crippen molar-refractivity contribution in [3.05, 3.63) is 178 Å². The minimum Gasteiger partial charge on any atom is -0.481 e. The zero-order valence-corrected chi connectivity index (χ0v) is 78.1. The lowest BCUT2D eigenvalue weighted by molar-refractivity contribution is -0.143. The number of hydrogen-bond donors (Lipinski definition) is 17. The van der Waals surface area contributed by atoms with Gasteiger partial charge in [-0.15, -0.1) is 35.3 Å². The molecule has 1 saturated heterocycles. The van der Waals surface area contributed by atoms with Crippen molar-refractivity contribution in [3.63, 3.8) is 0 Å². The SMILES string of the molecule is CC(C)[C@@H]1NC(=O)[C@H](Cc2c[nH]c3ccccc23)NC(=O)[C@@H]2CSCC(=O)N3Cc4cccc(c4)CN(Cc4cccc(c4)CN(Cc4cc(cc(C(=O)O)c4)C3)C(=O)CSC[C@@H](C(N)=O)NC(=O)[C@@H]3CCCN3C(=O)[C@H](C(C)C)NC(=O)[C@H](Cc3c[nH]c4ccccc34)NC(=O)CNC(=O)[C@H](CC(=O)O)NC1=O)C(=O)CS[C@@H](NC(=O)[C@@H](C)N)C(=O)N[C@@H]1C(=O)C[C@@H](CCC[C@H]1O)C(=O)N2. The Labute approximate surface area is 795 Å². The Kier molecular flexibility index (Phi) is 35.1. The van der Waals surface area contributed by atoms with E-state index in [0.29, 0.717) is 66.9 Å². The number of fused-ring (bicyclic) bond motifs is 14. The number of para-hydroxylation sites is 2. The highest BCUT2D eigenvalue weighted by molar-refractivity contribution is 8.01. The summed E-state index contributed by atoms with van der Waals surface area (Å²) in [4.78, 5) is 275. The monoisotopic (exact) mass is 1930 g/mol. The number of nitrogens with zero attached hydrogens (tertiary/aromatic N) is 4. The minimum absolute atomic E-state index is 0.00917. The van der Waals surface area contributed by atoms with Gasteiger partial charge in [-0.05, 0) is 120 Å². The summed E-state index contributed by atoms with van der Waals surface area (Å²) < 4.78 is 0. The van der Waals surface area contributed by atoms with Gasteiger partial charge in [0.05, 0.1) is 47.9 Å². The summed E-state index contributed by atoms with van der Waals surface area (Å²) in [5, 5.41) is 58.7. The molecule has 7 aromatic rings. The number of carbonyl (C=O) groups excluding carboxylic acids is 16. The van der Waals surface area contributed by atoms with Crippen molar-refractivity contribution < 1.29 is 102 Å². The smallest absolute Gasteiger partial charge is 0.335 e. The van der Waals surface area contributed by atoms with Gasteiger partial charge in [-0.2, -0.15) is 0 Å². The van der Waals surface area contributed by atoms with Crippen molar-refractivity contribution in [2.75, 3.05) is 41.9 Å². The number of rotatable bonds is 12. The lowest BCUT2D eigenvalue weighted by atomic mass is 9.85. The fourth-order valence-electron chi connectivity index (χ4n) is 17.1.